The highest BCUT2D eigenvalue weighted by atomic mass is 16.7. The molecule has 1 N–H and O–H groups in total. The zero-order valence-corrected chi connectivity index (χ0v) is 15.1. The number of nitrogens with one attached hydrogen (secondary N) is 1. The fourth-order valence-electron chi connectivity index (χ4n) is 2.86. The van der Waals surface area contributed by atoms with Gasteiger partial charge in [-0.1, -0.05) is 25.1 Å². The molecule has 1 atom stereocenters. The van der Waals surface area contributed by atoms with Crippen LogP contribution < -0.4 is 10.8 Å². The summed E-state index contributed by atoms with van der Waals surface area (Å²) in [5.41, 5.74) is 0.748. The van der Waals surface area contributed by atoms with Crippen molar-refractivity contribution >= 4 is 24.3 Å². The summed E-state index contributed by atoms with van der Waals surface area (Å²) in [6.07, 6.45) is 2.50. The third kappa shape index (κ3) is 3.46. The molecule has 1 unspecified atom stereocenters. The lowest BCUT2D eigenvalue weighted by Crippen LogP contribution is -2.44. The number of hydrogen-bond acceptors (Lipinski definition) is 4. The predicted molar refractivity (Wildman–Crippen MR) is 99.0 cm³/mol. The second-order valence-corrected chi connectivity index (χ2v) is 6.95. The van der Waals surface area contributed by atoms with Crippen LogP contribution in [-0.2, 0) is 9.31 Å². The molecule has 1 aromatic carbocycles. The van der Waals surface area contributed by atoms with Gasteiger partial charge in [-0.15, -0.1) is 0 Å². The van der Waals surface area contributed by atoms with Gasteiger partial charge in [0.1, 0.15) is 5.82 Å². The number of carbonyl (C=O) groups excluding carboxylic acids is 1. The second-order valence-electron chi connectivity index (χ2n) is 6.95. The van der Waals surface area contributed by atoms with Crippen LogP contribution >= 0.6 is 0 Å². The van der Waals surface area contributed by atoms with E-state index in [2.05, 4.69) is 24.1 Å². The number of nitrogens with zero attached hydrogens (tertiary/aromatic N) is 1. The summed E-state index contributed by atoms with van der Waals surface area (Å²) in [7, 11) is -0.423. The normalized spacial score (nSPS) is 22.0. The molecule has 1 aliphatic rings. The molecule has 5 nitrogen and oxygen atoms in total. The number of aromatic nitrogens is 1. The fourth-order valence-corrected chi connectivity index (χ4v) is 2.86. The molecular weight excluding hydrogens is 315 g/mol. The number of carbonyl (C=O) groups is 1. The largest absolute Gasteiger partial charge is 0.494 e. The smallest absolute Gasteiger partial charge is 0.399 e. The van der Waals surface area contributed by atoms with Crippen molar-refractivity contribution in [3.63, 3.8) is 0 Å². The average molecular weight is 338 g/mol. The summed E-state index contributed by atoms with van der Waals surface area (Å²) in [6.45, 7) is 8.26. The van der Waals surface area contributed by atoms with E-state index in [1.807, 2.05) is 32.0 Å². The molecule has 25 heavy (non-hydrogen) atoms. The van der Waals surface area contributed by atoms with E-state index in [1.165, 1.54) is 0 Å². The molecule has 2 aromatic rings. The Hall–Kier alpha value is -2.18. The molecule has 0 radical (unpaired) electrons. The van der Waals surface area contributed by atoms with Gasteiger partial charge in [-0.3, -0.25) is 4.79 Å². The lowest BCUT2D eigenvalue weighted by atomic mass is 9.79. The summed E-state index contributed by atoms with van der Waals surface area (Å²) in [4.78, 5) is 16.4. The monoisotopic (exact) mass is 338 g/mol. The van der Waals surface area contributed by atoms with E-state index in [0.717, 1.165) is 11.9 Å². The zero-order chi connectivity index (χ0) is 18.1. The molecule has 6 heteroatoms. The third-order valence-electron chi connectivity index (χ3n) is 5.07. The number of amides is 1. The van der Waals surface area contributed by atoms with E-state index in [1.54, 1.807) is 30.5 Å². The molecule has 1 fully saturated rings. The first kappa shape index (κ1) is 17.6. The van der Waals surface area contributed by atoms with Gasteiger partial charge in [0.2, 0.25) is 0 Å². The Morgan fingerprint density at radius 2 is 1.84 bits per heavy atom. The summed E-state index contributed by atoms with van der Waals surface area (Å²) in [5.74, 6) is 0.330. The number of rotatable bonds is 4. The number of anilines is 1. The van der Waals surface area contributed by atoms with Crippen molar-refractivity contribution in [2.45, 2.75) is 45.3 Å². The standard InChI is InChI=1S/C19H23BN2O3/c1-5-19(4)18(2,3)24-20(25-19)15-11-9-14(10-12-15)17(23)22-16-8-6-7-13-21-16/h6-13H,5H2,1-4H3,(H,21,22,23). The van der Waals surface area contributed by atoms with Crippen LogP contribution in [0.3, 0.4) is 0 Å². The van der Waals surface area contributed by atoms with Crippen LogP contribution in [-0.4, -0.2) is 29.2 Å². The van der Waals surface area contributed by atoms with Gasteiger partial charge in [0.15, 0.2) is 0 Å². The van der Waals surface area contributed by atoms with E-state index in [9.17, 15) is 4.79 Å². The highest BCUT2D eigenvalue weighted by Crippen LogP contribution is 2.39. The Morgan fingerprint density at radius 3 is 2.40 bits per heavy atom. The number of hydrogen-bond donors (Lipinski definition) is 1. The van der Waals surface area contributed by atoms with Crippen molar-refractivity contribution in [1.82, 2.24) is 4.98 Å². The maximum absolute atomic E-state index is 12.3. The van der Waals surface area contributed by atoms with Crippen LogP contribution in [0.15, 0.2) is 48.7 Å². The third-order valence-corrected chi connectivity index (χ3v) is 5.07. The van der Waals surface area contributed by atoms with Crippen molar-refractivity contribution in [1.29, 1.82) is 0 Å². The molecule has 0 spiro atoms. The van der Waals surface area contributed by atoms with Gasteiger partial charge < -0.3 is 14.6 Å². The fraction of sp³-hybridized carbons (Fsp3) is 0.368. The summed E-state index contributed by atoms with van der Waals surface area (Å²) in [6, 6.07) is 12.7. The molecule has 0 aliphatic carbocycles. The van der Waals surface area contributed by atoms with Gasteiger partial charge in [0, 0.05) is 11.8 Å². The lowest BCUT2D eigenvalue weighted by molar-refractivity contribution is -0.0118. The lowest BCUT2D eigenvalue weighted by Gasteiger charge is -2.35. The summed E-state index contributed by atoms with van der Waals surface area (Å²) in [5, 5.41) is 2.77. The van der Waals surface area contributed by atoms with E-state index < -0.39 is 7.12 Å². The van der Waals surface area contributed by atoms with E-state index >= 15 is 0 Å². The molecule has 1 amide bonds. The minimum Gasteiger partial charge on any atom is -0.399 e. The topological polar surface area (TPSA) is 60.5 Å². The molecule has 0 saturated carbocycles. The van der Waals surface area contributed by atoms with E-state index in [4.69, 9.17) is 9.31 Å². The average Bonchev–Trinajstić information content (AvgIpc) is 2.86. The van der Waals surface area contributed by atoms with Gasteiger partial charge in [-0.25, -0.2) is 4.98 Å². The second kappa shape index (κ2) is 6.62. The van der Waals surface area contributed by atoms with Crippen LogP contribution in [0.2, 0.25) is 0 Å². The summed E-state index contributed by atoms with van der Waals surface area (Å²) >= 11 is 0. The Kier molecular flexibility index (Phi) is 4.67. The Balaban J connectivity index is 1.72. The Bertz CT molecular complexity index is 749. The molecule has 1 aliphatic heterocycles. The number of benzene rings is 1. The molecule has 3 rings (SSSR count). The maximum atomic E-state index is 12.3. The molecule has 130 valence electrons. The van der Waals surface area contributed by atoms with Gasteiger partial charge in [-0.05, 0) is 56.9 Å². The van der Waals surface area contributed by atoms with Gasteiger partial charge >= 0.3 is 7.12 Å². The van der Waals surface area contributed by atoms with Crippen LogP contribution in [0.4, 0.5) is 5.82 Å². The number of pyridine rings is 1. The van der Waals surface area contributed by atoms with Crippen LogP contribution in [0.5, 0.6) is 0 Å². The molecular formula is C19H23BN2O3. The highest BCUT2D eigenvalue weighted by molar-refractivity contribution is 6.62. The van der Waals surface area contributed by atoms with Crippen molar-refractivity contribution in [3.8, 4) is 0 Å². The first-order valence-electron chi connectivity index (χ1n) is 8.52. The van der Waals surface area contributed by atoms with Crippen LogP contribution in [0, 0.1) is 0 Å². The first-order chi connectivity index (χ1) is 11.8. The minimum absolute atomic E-state index is 0.197. The Labute approximate surface area is 148 Å². The molecule has 1 aromatic heterocycles. The van der Waals surface area contributed by atoms with Gasteiger partial charge in [-0.2, -0.15) is 0 Å². The van der Waals surface area contributed by atoms with Crippen molar-refractivity contribution in [3.05, 3.63) is 54.2 Å². The Morgan fingerprint density at radius 1 is 1.12 bits per heavy atom. The highest BCUT2D eigenvalue weighted by Gasteiger charge is 2.53. The van der Waals surface area contributed by atoms with E-state index in [-0.39, 0.29) is 17.1 Å². The minimum atomic E-state index is -0.423. The SMILES string of the molecule is CCC1(C)OB(c2ccc(C(=O)Nc3ccccn3)cc2)OC1(C)C. The molecule has 2 heterocycles. The van der Waals surface area contributed by atoms with Crippen molar-refractivity contribution in [2.75, 3.05) is 5.32 Å². The molecule has 0 bridgehead atoms. The first-order valence-corrected chi connectivity index (χ1v) is 8.52. The predicted octanol–water partition coefficient (Wildman–Crippen LogP) is 3.02. The van der Waals surface area contributed by atoms with Crippen molar-refractivity contribution in [2.24, 2.45) is 0 Å². The molecule has 1 saturated heterocycles. The summed E-state index contributed by atoms with van der Waals surface area (Å²) < 4.78 is 12.3. The zero-order valence-electron chi connectivity index (χ0n) is 15.1. The van der Waals surface area contributed by atoms with Gasteiger partial charge in [0.25, 0.3) is 5.91 Å². The van der Waals surface area contributed by atoms with E-state index in [0.29, 0.717) is 11.4 Å². The van der Waals surface area contributed by atoms with Gasteiger partial charge in [0.05, 0.1) is 11.2 Å². The quantitative estimate of drug-likeness (QED) is 0.871. The van der Waals surface area contributed by atoms with Crippen molar-refractivity contribution < 1.29 is 14.1 Å². The van der Waals surface area contributed by atoms with Crippen LogP contribution in [0.1, 0.15) is 44.5 Å². The maximum Gasteiger partial charge on any atom is 0.494 e. The van der Waals surface area contributed by atoms with Crippen LogP contribution in [0.25, 0.3) is 0 Å².